The topological polar surface area (TPSA) is 101 Å². The zero-order valence-electron chi connectivity index (χ0n) is 19.9. The highest BCUT2D eigenvalue weighted by molar-refractivity contribution is 6.33. The summed E-state index contributed by atoms with van der Waals surface area (Å²) in [4.78, 5) is 24.8. The minimum Gasteiger partial charge on any atom is -0.469 e. The predicted molar refractivity (Wildman–Crippen MR) is 124 cm³/mol. The van der Waals surface area contributed by atoms with Crippen LogP contribution in [0.1, 0.15) is 63.8 Å². The molecule has 0 radical (unpaired) electrons. The second kappa shape index (κ2) is 18.0. The molecule has 2 rings (SSSR count). The molecule has 0 N–H and O–H groups in total. The van der Waals surface area contributed by atoms with E-state index < -0.39 is 6.16 Å². The molecule has 0 unspecified atom stereocenters. The van der Waals surface area contributed by atoms with Crippen LogP contribution < -0.4 is 0 Å². The number of aromatic nitrogens is 2. The van der Waals surface area contributed by atoms with Crippen LogP contribution in [0.4, 0.5) is 4.79 Å². The third kappa shape index (κ3) is 13.6. The van der Waals surface area contributed by atoms with Crippen LogP contribution in [0.25, 0.3) is 11.4 Å². The van der Waals surface area contributed by atoms with E-state index in [9.17, 15) is 9.59 Å². The maximum Gasteiger partial charge on any atom is 0.507 e. The summed E-state index contributed by atoms with van der Waals surface area (Å²) in [5, 5.41) is 4.45. The van der Waals surface area contributed by atoms with Gasteiger partial charge in [-0.3, -0.25) is 4.79 Å². The van der Waals surface area contributed by atoms with Crippen molar-refractivity contribution in [1.82, 2.24) is 10.1 Å². The standard InChI is InChI=1S/C10H9ClN2O.C7H14O2.C6H12O3/c1-6-3-4-8(9(11)5-6)10-12-7(2)14-13-10;1-3-4-5-6-7(8)9-2;1-3-4-5-9-6(7)8-2/h3-5H,1-2H3;3-6H2,1-2H3;3-5H2,1-2H3. The molecule has 1 aromatic heterocycles. The lowest BCUT2D eigenvalue weighted by atomic mass is 10.1. The van der Waals surface area contributed by atoms with Crippen molar-refractivity contribution < 1.29 is 28.3 Å². The summed E-state index contributed by atoms with van der Waals surface area (Å²) in [6.45, 7) is 8.33. The molecule has 0 spiro atoms. The number of hydrogen-bond acceptors (Lipinski definition) is 8. The Balaban J connectivity index is 0.000000474. The summed E-state index contributed by atoms with van der Waals surface area (Å²) in [5.74, 6) is 0.979. The Morgan fingerprint density at radius 2 is 1.72 bits per heavy atom. The minimum atomic E-state index is -0.594. The number of nitrogens with zero attached hydrogens (tertiary/aromatic N) is 2. The second-order valence-electron chi connectivity index (χ2n) is 6.81. The van der Waals surface area contributed by atoms with Gasteiger partial charge in [0.15, 0.2) is 0 Å². The molecule has 0 saturated carbocycles. The zero-order valence-corrected chi connectivity index (χ0v) is 20.7. The van der Waals surface area contributed by atoms with Crippen molar-refractivity contribution in [1.29, 1.82) is 0 Å². The number of halogens is 1. The zero-order chi connectivity index (χ0) is 24.4. The van der Waals surface area contributed by atoms with Gasteiger partial charge in [-0.05, 0) is 37.5 Å². The highest BCUT2D eigenvalue weighted by atomic mass is 35.5. The largest absolute Gasteiger partial charge is 0.507 e. The molecule has 0 aliphatic heterocycles. The average molecular weight is 471 g/mol. The Hall–Kier alpha value is -2.61. The Kier molecular flexibility index (Phi) is 16.5. The van der Waals surface area contributed by atoms with Crippen LogP contribution in [-0.2, 0) is 19.0 Å². The van der Waals surface area contributed by atoms with Gasteiger partial charge < -0.3 is 18.7 Å². The van der Waals surface area contributed by atoms with E-state index in [0.29, 0.717) is 29.8 Å². The molecule has 0 fully saturated rings. The lowest BCUT2D eigenvalue weighted by molar-refractivity contribution is -0.140. The molecule has 0 bridgehead atoms. The maximum atomic E-state index is 10.5. The molecular formula is C23H35ClN2O6. The van der Waals surface area contributed by atoms with E-state index in [2.05, 4.69) is 31.3 Å². The van der Waals surface area contributed by atoms with Crippen LogP contribution in [0.2, 0.25) is 5.02 Å². The number of ether oxygens (including phenoxy) is 3. The van der Waals surface area contributed by atoms with E-state index in [1.807, 2.05) is 32.0 Å². The van der Waals surface area contributed by atoms with Gasteiger partial charge in [0.25, 0.3) is 0 Å². The van der Waals surface area contributed by atoms with E-state index in [-0.39, 0.29) is 5.97 Å². The van der Waals surface area contributed by atoms with Crippen LogP contribution in [0.5, 0.6) is 0 Å². The van der Waals surface area contributed by atoms with Crippen LogP contribution in [0.15, 0.2) is 22.7 Å². The Labute approximate surface area is 195 Å². The lowest BCUT2D eigenvalue weighted by Crippen LogP contribution is -2.04. The predicted octanol–water partition coefficient (Wildman–Crippen LogP) is 6.32. The molecule has 180 valence electrons. The molecule has 0 amide bonds. The normalized spacial score (nSPS) is 9.59. The van der Waals surface area contributed by atoms with Gasteiger partial charge in [0.1, 0.15) is 0 Å². The van der Waals surface area contributed by atoms with E-state index in [1.165, 1.54) is 14.2 Å². The van der Waals surface area contributed by atoms with Crippen LogP contribution in [0, 0.1) is 13.8 Å². The molecular weight excluding hydrogens is 436 g/mol. The molecule has 0 saturated heterocycles. The fourth-order valence-electron chi connectivity index (χ4n) is 2.19. The molecule has 8 nitrogen and oxygen atoms in total. The molecule has 9 heteroatoms. The number of carbonyl (C=O) groups excluding carboxylic acids is 2. The molecule has 0 aliphatic carbocycles. The van der Waals surface area contributed by atoms with Gasteiger partial charge >= 0.3 is 12.1 Å². The highest BCUT2D eigenvalue weighted by Crippen LogP contribution is 2.26. The molecule has 1 heterocycles. The second-order valence-corrected chi connectivity index (χ2v) is 7.22. The monoisotopic (exact) mass is 470 g/mol. The SMILES string of the molecule is CCCCCC(=O)OC.CCCCOC(=O)OC.Cc1ccc(-c2noc(C)n2)c(Cl)c1. The number of methoxy groups -OCH3 is 2. The molecule has 32 heavy (non-hydrogen) atoms. The van der Waals surface area contributed by atoms with Crippen molar-refractivity contribution >= 4 is 23.7 Å². The first-order valence-corrected chi connectivity index (χ1v) is 11.0. The quantitative estimate of drug-likeness (QED) is 0.326. The third-order valence-electron chi connectivity index (χ3n) is 3.99. The number of hydrogen-bond donors (Lipinski definition) is 0. The van der Waals surface area contributed by atoms with Gasteiger partial charge in [-0.15, -0.1) is 0 Å². The molecule has 0 aliphatic rings. The van der Waals surface area contributed by atoms with Gasteiger partial charge in [-0.25, -0.2) is 4.79 Å². The van der Waals surface area contributed by atoms with E-state index >= 15 is 0 Å². The summed E-state index contributed by atoms with van der Waals surface area (Å²) in [7, 11) is 2.72. The first kappa shape index (κ1) is 29.4. The molecule has 0 atom stereocenters. The van der Waals surface area contributed by atoms with Crippen LogP contribution >= 0.6 is 11.6 Å². The number of benzene rings is 1. The Morgan fingerprint density at radius 1 is 1.03 bits per heavy atom. The van der Waals surface area contributed by atoms with E-state index in [0.717, 1.165) is 43.2 Å². The van der Waals surface area contributed by atoms with Crippen molar-refractivity contribution in [2.75, 3.05) is 20.8 Å². The summed E-state index contributed by atoms with van der Waals surface area (Å²) in [6.07, 6.45) is 5.13. The number of rotatable bonds is 8. The summed E-state index contributed by atoms with van der Waals surface area (Å²) >= 11 is 6.05. The Morgan fingerprint density at radius 3 is 2.22 bits per heavy atom. The summed E-state index contributed by atoms with van der Waals surface area (Å²) < 4.78 is 18.1. The van der Waals surface area contributed by atoms with Crippen LogP contribution in [-0.4, -0.2) is 43.1 Å². The van der Waals surface area contributed by atoms with Crippen molar-refractivity contribution in [3.8, 4) is 11.4 Å². The van der Waals surface area contributed by atoms with Crippen molar-refractivity contribution in [2.45, 2.75) is 66.2 Å². The summed E-state index contributed by atoms with van der Waals surface area (Å²) in [6, 6.07) is 5.73. The van der Waals surface area contributed by atoms with Crippen molar-refractivity contribution in [3.05, 3.63) is 34.7 Å². The first-order chi connectivity index (χ1) is 15.3. The average Bonchev–Trinajstić information content (AvgIpc) is 3.20. The smallest absolute Gasteiger partial charge is 0.469 e. The fourth-order valence-corrected chi connectivity index (χ4v) is 2.51. The Bertz CT molecular complexity index is 773. The van der Waals surface area contributed by atoms with Gasteiger partial charge in [-0.2, -0.15) is 4.98 Å². The third-order valence-corrected chi connectivity index (χ3v) is 4.30. The maximum absolute atomic E-state index is 10.5. The van der Waals surface area contributed by atoms with Crippen molar-refractivity contribution in [3.63, 3.8) is 0 Å². The number of unbranched alkanes of at least 4 members (excludes halogenated alkanes) is 3. The van der Waals surface area contributed by atoms with Gasteiger partial charge in [-0.1, -0.05) is 55.9 Å². The van der Waals surface area contributed by atoms with Gasteiger partial charge in [0.2, 0.25) is 11.7 Å². The van der Waals surface area contributed by atoms with E-state index in [1.54, 1.807) is 6.92 Å². The fraction of sp³-hybridized carbons (Fsp3) is 0.565. The number of carbonyl (C=O) groups is 2. The molecule has 2 aromatic rings. The van der Waals surface area contributed by atoms with Gasteiger partial charge in [0.05, 0.1) is 25.8 Å². The lowest BCUT2D eigenvalue weighted by Gasteiger charge is -1.99. The van der Waals surface area contributed by atoms with Crippen LogP contribution in [0.3, 0.4) is 0 Å². The van der Waals surface area contributed by atoms with Gasteiger partial charge in [0, 0.05) is 18.9 Å². The van der Waals surface area contributed by atoms with Crippen molar-refractivity contribution in [2.24, 2.45) is 0 Å². The minimum absolute atomic E-state index is 0.0940. The summed E-state index contributed by atoms with van der Waals surface area (Å²) in [5.41, 5.74) is 1.91. The number of aryl methyl sites for hydroxylation is 2. The highest BCUT2D eigenvalue weighted by Gasteiger charge is 2.09. The molecule has 1 aromatic carbocycles. The number of esters is 1. The first-order valence-electron chi connectivity index (χ1n) is 10.6. The van der Waals surface area contributed by atoms with E-state index in [4.69, 9.17) is 16.1 Å².